The molecule has 1 heterocycles. The van der Waals surface area contributed by atoms with E-state index in [4.69, 9.17) is 0 Å². The molecule has 2 aromatic rings. The zero-order valence-electron chi connectivity index (χ0n) is 9.92. The van der Waals surface area contributed by atoms with E-state index in [1.165, 1.54) is 24.8 Å². The summed E-state index contributed by atoms with van der Waals surface area (Å²) in [6.07, 6.45) is 5.55. The molecule has 0 fully saturated rings. The Hall–Kier alpha value is -1.80. The summed E-state index contributed by atoms with van der Waals surface area (Å²) in [5.41, 5.74) is 2.91. The van der Waals surface area contributed by atoms with Crippen molar-refractivity contribution >= 4 is 44.0 Å². The van der Waals surface area contributed by atoms with Gasteiger partial charge in [0, 0.05) is 22.4 Å². The van der Waals surface area contributed by atoms with Gasteiger partial charge in [-0.15, -0.1) is 0 Å². The highest BCUT2D eigenvalue weighted by atomic mass is 79.9. The van der Waals surface area contributed by atoms with E-state index in [1.807, 2.05) is 0 Å². The molecule has 2 N–H and O–H groups in total. The molecule has 0 aliphatic rings. The molecule has 6 nitrogen and oxygen atoms in total. The van der Waals surface area contributed by atoms with Gasteiger partial charge < -0.3 is 5.11 Å². The highest BCUT2D eigenvalue weighted by Crippen LogP contribution is 2.30. The van der Waals surface area contributed by atoms with Crippen LogP contribution in [0.2, 0.25) is 0 Å². The highest BCUT2D eigenvalue weighted by Gasteiger charge is 2.07. The fraction of sp³-hybridized carbons (Fsp3) is 0. The Balaban J connectivity index is 2.10. The van der Waals surface area contributed by atoms with Gasteiger partial charge in [0.1, 0.15) is 11.4 Å². The first-order valence-corrected chi connectivity index (χ1v) is 6.94. The van der Waals surface area contributed by atoms with E-state index < -0.39 is 5.91 Å². The number of amides is 1. The molecule has 0 saturated heterocycles. The van der Waals surface area contributed by atoms with Crippen LogP contribution in [0.5, 0.6) is 5.75 Å². The number of halogens is 2. The van der Waals surface area contributed by atoms with Gasteiger partial charge in [-0.3, -0.25) is 9.78 Å². The van der Waals surface area contributed by atoms with Gasteiger partial charge in [-0.05, 0) is 28.1 Å². The minimum absolute atomic E-state index is 0.0331. The molecule has 0 unspecified atom stereocenters. The van der Waals surface area contributed by atoms with Crippen LogP contribution in [0.25, 0.3) is 0 Å². The van der Waals surface area contributed by atoms with Crippen LogP contribution in [0.3, 0.4) is 0 Å². The van der Waals surface area contributed by atoms with Gasteiger partial charge in [-0.25, -0.2) is 10.4 Å². The third-order valence-electron chi connectivity index (χ3n) is 2.22. The van der Waals surface area contributed by atoms with Crippen molar-refractivity contribution in [2.45, 2.75) is 0 Å². The number of benzene rings is 1. The van der Waals surface area contributed by atoms with E-state index in [1.54, 1.807) is 12.1 Å². The first-order valence-electron chi connectivity index (χ1n) is 5.35. The van der Waals surface area contributed by atoms with E-state index >= 15 is 0 Å². The summed E-state index contributed by atoms with van der Waals surface area (Å²) < 4.78 is 1.29. The topological polar surface area (TPSA) is 87.5 Å². The number of carbonyl (C=O) groups excluding carboxylic acids is 1. The molecule has 0 aliphatic carbocycles. The Kier molecular flexibility index (Phi) is 4.80. The smallest absolute Gasteiger partial charge is 0.291 e. The Bertz CT molecular complexity index is 662. The lowest BCUT2D eigenvalue weighted by Gasteiger charge is -2.03. The van der Waals surface area contributed by atoms with Crippen molar-refractivity contribution in [2.24, 2.45) is 5.10 Å². The van der Waals surface area contributed by atoms with Gasteiger partial charge in [-0.2, -0.15) is 5.10 Å². The van der Waals surface area contributed by atoms with Crippen molar-refractivity contribution in [2.75, 3.05) is 0 Å². The van der Waals surface area contributed by atoms with Crippen LogP contribution in [-0.4, -0.2) is 27.2 Å². The van der Waals surface area contributed by atoms with Crippen LogP contribution in [0.15, 0.2) is 44.8 Å². The number of rotatable bonds is 3. The van der Waals surface area contributed by atoms with Gasteiger partial charge in [0.2, 0.25) is 0 Å². The molecule has 0 bridgehead atoms. The van der Waals surface area contributed by atoms with Crippen LogP contribution < -0.4 is 5.43 Å². The fourth-order valence-corrected chi connectivity index (χ4v) is 2.58. The molecule has 102 valence electrons. The van der Waals surface area contributed by atoms with Gasteiger partial charge in [-0.1, -0.05) is 15.9 Å². The van der Waals surface area contributed by atoms with Crippen LogP contribution in [0.4, 0.5) is 0 Å². The van der Waals surface area contributed by atoms with Crippen LogP contribution in [0, 0.1) is 0 Å². The van der Waals surface area contributed by atoms with Crippen molar-refractivity contribution in [1.82, 2.24) is 15.4 Å². The second kappa shape index (κ2) is 6.58. The number of aromatic hydroxyl groups is 1. The quantitative estimate of drug-likeness (QED) is 0.613. The summed E-state index contributed by atoms with van der Waals surface area (Å²) >= 11 is 6.50. The predicted molar refractivity (Wildman–Crippen MR) is 80.6 cm³/mol. The van der Waals surface area contributed by atoms with Gasteiger partial charge in [0.25, 0.3) is 5.91 Å². The van der Waals surface area contributed by atoms with E-state index in [-0.39, 0.29) is 11.4 Å². The lowest BCUT2D eigenvalue weighted by molar-refractivity contribution is 0.0949. The lowest BCUT2D eigenvalue weighted by Crippen LogP contribution is -2.19. The average molecular weight is 400 g/mol. The Morgan fingerprint density at radius 1 is 1.35 bits per heavy atom. The molecule has 0 spiro atoms. The predicted octanol–water partition coefficient (Wildman–Crippen LogP) is 2.47. The molecule has 1 aromatic carbocycles. The maximum Gasteiger partial charge on any atom is 0.291 e. The van der Waals surface area contributed by atoms with Gasteiger partial charge in [0.05, 0.1) is 16.9 Å². The van der Waals surface area contributed by atoms with Crippen LogP contribution in [-0.2, 0) is 0 Å². The summed E-state index contributed by atoms with van der Waals surface area (Å²) in [4.78, 5) is 19.3. The molecule has 1 aromatic heterocycles. The van der Waals surface area contributed by atoms with E-state index in [0.29, 0.717) is 10.0 Å². The van der Waals surface area contributed by atoms with Crippen molar-refractivity contribution in [3.05, 3.63) is 50.9 Å². The van der Waals surface area contributed by atoms with Crippen molar-refractivity contribution in [3.8, 4) is 5.75 Å². The summed E-state index contributed by atoms with van der Waals surface area (Å²) in [7, 11) is 0. The molecule has 2 rings (SSSR count). The van der Waals surface area contributed by atoms with Crippen molar-refractivity contribution in [3.63, 3.8) is 0 Å². The number of nitrogens with zero attached hydrogens (tertiary/aromatic N) is 3. The van der Waals surface area contributed by atoms with E-state index in [9.17, 15) is 9.90 Å². The summed E-state index contributed by atoms with van der Waals surface area (Å²) in [6, 6.07) is 3.36. The summed E-state index contributed by atoms with van der Waals surface area (Å²) in [6.45, 7) is 0. The zero-order valence-corrected chi connectivity index (χ0v) is 13.1. The summed E-state index contributed by atoms with van der Waals surface area (Å²) in [5.74, 6) is -0.450. The third-order valence-corrected chi connectivity index (χ3v) is 3.29. The minimum atomic E-state index is -0.483. The molecule has 20 heavy (non-hydrogen) atoms. The number of nitrogens with one attached hydrogen (secondary N) is 1. The molecule has 8 heteroatoms. The summed E-state index contributed by atoms with van der Waals surface area (Å²) in [5, 5.41) is 13.6. The van der Waals surface area contributed by atoms with E-state index in [2.05, 4.69) is 52.4 Å². The first kappa shape index (κ1) is 14.6. The SMILES string of the molecule is O=C(N/N=C/c1cc(Br)cc(Br)c1O)c1cnccn1. The normalized spacial score (nSPS) is 10.7. The second-order valence-electron chi connectivity index (χ2n) is 3.62. The Morgan fingerprint density at radius 2 is 2.15 bits per heavy atom. The second-order valence-corrected chi connectivity index (χ2v) is 5.39. The maximum atomic E-state index is 11.6. The zero-order chi connectivity index (χ0) is 14.5. The standard InChI is InChI=1S/C12H8Br2N4O2/c13-8-3-7(11(19)9(14)4-8)5-17-18-12(20)10-6-15-1-2-16-10/h1-6,19H,(H,18,20)/b17-5+. The molecule has 0 saturated carbocycles. The van der Waals surface area contributed by atoms with Gasteiger partial charge in [0.15, 0.2) is 0 Å². The third kappa shape index (κ3) is 3.61. The monoisotopic (exact) mass is 398 g/mol. The molecule has 0 radical (unpaired) electrons. The maximum absolute atomic E-state index is 11.6. The van der Waals surface area contributed by atoms with Crippen molar-refractivity contribution < 1.29 is 9.90 Å². The van der Waals surface area contributed by atoms with E-state index in [0.717, 1.165) is 4.47 Å². The Labute approximate surface area is 131 Å². The minimum Gasteiger partial charge on any atom is -0.506 e. The number of phenols is 1. The van der Waals surface area contributed by atoms with Gasteiger partial charge >= 0.3 is 0 Å². The molecular formula is C12H8Br2N4O2. The number of carbonyl (C=O) groups is 1. The van der Waals surface area contributed by atoms with Crippen LogP contribution >= 0.6 is 31.9 Å². The number of aromatic nitrogens is 2. The number of hydrazone groups is 1. The van der Waals surface area contributed by atoms with Crippen LogP contribution in [0.1, 0.15) is 16.1 Å². The number of hydrogen-bond donors (Lipinski definition) is 2. The average Bonchev–Trinajstić information content (AvgIpc) is 2.44. The largest absolute Gasteiger partial charge is 0.506 e. The Morgan fingerprint density at radius 3 is 2.85 bits per heavy atom. The molecule has 0 atom stereocenters. The fourth-order valence-electron chi connectivity index (χ4n) is 1.32. The number of phenolic OH excluding ortho intramolecular Hbond substituents is 1. The van der Waals surface area contributed by atoms with Crippen molar-refractivity contribution in [1.29, 1.82) is 0 Å². The molecule has 1 amide bonds. The first-order chi connectivity index (χ1) is 9.58. The molecule has 0 aliphatic heterocycles. The molecular weight excluding hydrogens is 392 g/mol. The highest BCUT2D eigenvalue weighted by molar-refractivity contribution is 9.11. The number of hydrogen-bond acceptors (Lipinski definition) is 5. The lowest BCUT2D eigenvalue weighted by atomic mass is 10.2.